The van der Waals surface area contributed by atoms with E-state index >= 15 is 0 Å². The average Bonchev–Trinajstić information content (AvgIpc) is 3.23. The maximum absolute atomic E-state index is 12.6. The first-order valence-electron chi connectivity index (χ1n) is 9.45. The number of rotatable bonds is 7. The van der Waals surface area contributed by atoms with Crippen LogP contribution in [-0.2, 0) is 28.7 Å². The minimum atomic E-state index is -3.39. The summed E-state index contributed by atoms with van der Waals surface area (Å²) in [6.07, 6.45) is 0.994. The van der Waals surface area contributed by atoms with Gasteiger partial charge in [-0.05, 0) is 45.5 Å². The minimum Gasteiger partial charge on any atom is -0.290 e. The fourth-order valence-corrected chi connectivity index (χ4v) is 5.61. The topological polar surface area (TPSA) is 49.4 Å². The van der Waals surface area contributed by atoms with E-state index < -0.39 is 10.0 Å². The molecule has 1 aromatic heterocycles. The summed E-state index contributed by atoms with van der Waals surface area (Å²) in [5.74, 6) is 0.00697. The normalized spacial score (nSPS) is 15.9. The molecule has 3 aromatic rings. The van der Waals surface area contributed by atoms with Gasteiger partial charge in [0.05, 0.1) is 5.75 Å². The zero-order chi connectivity index (χ0) is 19.4. The molecule has 2 aromatic carbocycles. The maximum Gasteiger partial charge on any atom is 0.215 e. The minimum absolute atomic E-state index is 0.00697. The average molecular weight is 413 g/mol. The van der Waals surface area contributed by atoms with Crippen LogP contribution in [0.5, 0.6) is 0 Å². The summed E-state index contributed by atoms with van der Waals surface area (Å²) in [5, 5.41) is 4.18. The molecule has 1 atom stereocenters. The molecule has 1 N–H and O–H groups in total. The number of sulfonamides is 1. The Morgan fingerprint density at radius 3 is 2.50 bits per heavy atom. The van der Waals surface area contributed by atoms with Gasteiger partial charge in [0.2, 0.25) is 10.0 Å². The lowest BCUT2D eigenvalue weighted by Gasteiger charge is -2.35. The molecule has 0 fully saturated rings. The fraction of sp³-hybridized carbons (Fsp3) is 0.273. The highest BCUT2D eigenvalue weighted by atomic mass is 32.2. The highest BCUT2D eigenvalue weighted by Crippen LogP contribution is 2.29. The van der Waals surface area contributed by atoms with Gasteiger partial charge in [0.1, 0.15) is 0 Å². The molecule has 0 aliphatic carbocycles. The molecule has 6 heteroatoms. The van der Waals surface area contributed by atoms with E-state index in [4.69, 9.17) is 0 Å². The van der Waals surface area contributed by atoms with Crippen LogP contribution in [0.3, 0.4) is 0 Å². The Morgan fingerprint density at radius 1 is 1.00 bits per heavy atom. The first-order valence-corrected chi connectivity index (χ1v) is 12.0. The van der Waals surface area contributed by atoms with Crippen LogP contribution < -0.4 is 4.72 Å². The first-order chi connectivity index (χ1) is 13.6. The number of nitrogens with zero attached hydrogens (tertiary/aromatic N) is 1. The summed E-state index contributed by atoms with van der Waals surface area (Å²) in [6, 6.07) is 20.0. The number of fused-ring (bicyclic) bond motifs is 1. The summed E-state index contributed by atoms with van der Waals surface area (Å²) in [6.45, 7) is 2.16. The van der Waals surface area contributed by atoms with Gasteiger partial charge < -0.3 is 0 Å². The molecule has 146 valence electrons. The third-order valence-corrected chi connectivity index (χ3v) is 7.25. The highest BCUT2D eigenvalue weighted by molar-refractivity contribution is 7.88. The molecule has 0 radical (unpaired) electrons. The lowest BCUT2D eigenvalue weighted by molar-refractivity contribution is 0.180. The van der Waals surface area contributed by atoms with Crippen molar-refractivity contribution < 1.29 is 8.42 Å². The molecule has 0 amide bonds. The molecular formula is C22H24N2O2S2. The standard InChI is InChI=1S/C22H24N2O2S2/c25-28(26,17-18-6-2-1-3-7-18)23-14-22(21-11-13-27-16-21)24-12-10-19-8-4-5-9-20(19)15-24/h1-9,11,13,16,22-23H,10,12,14-15,17H2/t22-/m0/s1. The van der Waals surface area contributed by atoms with Crippen LogP contribution in [0.1, 0.15) is 28.3 Å². The second-order valence-corrected chi connectivity index (χ2v) is 9.74. The number of hydrogen-bond donors (Lipinski definition) is 1. The Morgan fingerprint density at radius 2 is 1.75 bits per heavy atom. The monoisotopic (exact) mass is 412 g/mol. The molecule has 2 heterocycles. The van der Waals surface area contributed by atoms with Crippen molar-refractivity contribution in [2.24, 2.45) is 0 Å². The highest BCUT2D eigenvalue weighted by Gasteiger charge is 2.26. The quantitative estimate of drug-likeness (QED) is 0.639. The van der Waals surface area contributed by atoms with Gasteiger partial charge in [0, 0.05) is 25.7 Å². The van der Waals surface area contributed by atoms with Gasteiger partial charge in [-0.25, -0.2) is 13.1 Å². The van der Waals surface area contributed by atoms with Crippen LogP contribution in [-0.4, -0.2) is 26.4 Å². The number of hydrogen-bond acceptors (Lipinski definition) is 4. The predicted molar refractivity (Wildman–Crippen MR) is 115 cm³/mol. The molecule has 28 heavy (non-hydrogen) atoms. The van der Waals surface area contributed by atoms with E-state index in [1.54, 1.807) is 11.3 Å². The molecule has 4 rings (SSSR count). The van der Waals surface area contributed by atoms with Crippen molar-refractivity contribution in [3.8, 4) is 0 Å². The number of thiophene rings is 1. The Balaban J connectivity index is 1.49. The molecule has 0 unspecified atom stereocenters. The summed E-state index contributed by atoms with van der Waals surface area (Å²) in [5.41, 5.74) is 4.70. The Kier molecular flexibility index (Phi) is 5.92. The fourth-order valence-electron chi connectivity index (χ4n) is 3.76. The van der Waals surface area contributed by atoms with Crippen LogP contribution in [0, 0.1) is 0 Å². The largest absolute Gasteiger partial charge is 0.290 e. The zero-order valence-corrected chi connectivity index (χ0v) is 17.3. The van der Waals surface area contributed by atoms with Crippen molar-refractivity contribution in [1.29, 1.82) is 0 Å². The summed E-state index contributed by atoms with van der Waals surface area (Å²) in [7, 11) is -3.39. The van der Waals surface area contributed by atoms with Crippen LogP contribution in [0.25, 0.3) is 0 Å². The summed E-state index contributed by atoms with van der Waals surface area (Å²) in [4.78, 5) is 2.38. The van der Waals surface area contributed by atoms with Gasteiger partial charge in [0.25, 0.3) is 0 Å². The van der Waals surface area contributed by atoms with Crippen molar-refractivity contribution in [3.05, 3.63) is 93.7 Å². The number of nitrogens with one attached hydrogen (secondary N) is 1. The van der Waals surface area contributed by atoms with Gasteiger partial charge in [-0.1, -0.05) is 54.6 Å². The summed E-state index contributed by atoms with van der Waals surface area (Å²) >= 11 is 1.65. The summed E-state index contributed by atoms with van der Waals surface area (Å²) < 4.78 is 28.1. The lowest BCUT2D eigenvalue weighted by atomic mass is 9.97. The van der Waals surface area contributed by atoms with E-state index in [0.29, 0.717) is 6.54 Å². The predicted octanol–water partition coefficient (Wildman–Crippen LogP) is 3.97. The van der Waals surface area contributed by atoms with Crippen molar-refractivity contribution >= 4 is 21.4 Å². The van der Waals surface area contributed by atoms with Gasteiger partial charge in [-0.2, -0.15) is 11.3 Å². The van der Waals surface area contributed by atoms with Crippen molar-refractivity contribution in [1.82, 2.24) is 9.62 Å². The van der Waals surface area contributed by atoms with Crippen LogP contribution in [0.2, 0.25) is 0 Å². The van der Waals surface area contributed by atoms with Crippen LogP contribution in [0.15, 0.2) is 71.4 Å². The third-order valence-electron chi connectivity index (χ3n) is 5.23. The molecule has 0 saturated heterocycles. The second-order valence-electron chi connectivity index (χ2n) is 7.15. The maximum atomic E-state index is 12.6. The molecule has 0 saturated carbocycles. The Hall–Kier alpha value is -1.99. The van der Waals surface area contributed by atoms with E-state index in [1.165, 1.54) is 16.7 Å². The van der Waals surface area contributed by atoms with E-state index in [2.05, 4.69) is 50.7 Å². The molecule has 1 aliphatic rings. The molecule has 0 bridgehead atoms. The van der Waals surface area contributed by atoms with E-state index in [1.807, 2.05) is 30.3 Å². The Bertz CT molecular complexity index is 1000. The molecule has 1 aliphatic heterocycles. The molecule has 4 nitrogen and oxygen atoms in total. The van der Waals surface area contributed by atoms with Crippen molar-refractivity contribution in [2.75, 3.05) is 13.1 Å². The van der Waals surface area contributed by atoms with Gasteiger partial charge >= 0.3 is 0 Å². The van der Waals surface area contributed by atoms with Gasteiger partial charge in [-0.3, -0.25) is 4.90 Å². The number of benzene rings is 2. The molecular weight excluding hydrogens is 388 g/mol. The third kappa shape index (κ3) is 4.70. The van der Waals surface area contributed by atoms with E-state index in [-0.39, 0.29) is 11.8 Å². The van der Waals surface area contributed by atoms with Crippen molar-refractivity contribution in [2.45, 2.75) is 24.8 Å². The van der Waals surface area contributed by atoms with Crippen LogP contribution >= 0.6 is 11.3 Å². The van der Waals surface area contributed by atoms with Gasteiger partial charge in [0.15, 0.2) is 0 Å². The zero-order valence-electron chi connectivity index (χ0n) is 15.6. The lowest BCUT2D eigenvalue weighted by Crippen LogP contribution is -2.40. The second kappa shape index (κ2) is 8.57. The van der Waals surface area contributed by atoms with Crippen LogP contribution in [0.4, 0.5) is 0 Å². The van der Waals surface area contributed by atoms with E-state index in [0.717, 1.165) is 25.1 Å². The van der Waals surface area contributed by atoms with Crippen molar-refractivity contribution in [3.63, 3.8) is 0 Å². The smallest absolute Gasteiger partial charge is 0.215 e. The Labute approximate surface area is 170 Å². The van der Waals surface area contributed by atoms with E-state index in [9.17, 15) is 8.42 Å². The SMILES string of the molecule is O=S(=O)(Cc1ccccc1)NC[C@@H](c1ccsc1)N1CCc2ccccc2C1. The van der Waals surface area contributed by atoms with Gasteiger partial charge in [-0.15, -0.1) is 0 Å². The molecule has 0 spiro atoms. The first kappa shape index (κ1) is 19.3.